The van der Waals surface area contributed by atoms with E-state index in [1.807, 2.05) is 6.07 Å². The van der Waals surface area contributed by atoms with Gasteiger partial charge in [-0.05, 0) is 57.6 Å². The normalized spacial score (nSPS) is 14.5. The zero-order valence-corrected chi connectivity index (χ0v) is 23.8. The van der Waals surface area contributed by atoms with Crippen molar-refractivity contribution in [3.63, 3.8) is 0 Å². The summed E-state index contributed by atoms with van der Waals surface area (Å²) >= 11 is 0. The Bertz CT molecular complexity index is 1830. The Hall–Kier alpha value is -4.30. The maximum atomic E-state index is 13.4. The maximum Gasteiger partial charge on any atom is 0.433 e. The zero-order valence-electron chi connectivity index (χ0n) is 23.0. The smallest absolute Gasteiger partial charge is 0.330 e. The van der Waals surface area contributed by atoms with Crippen LogP contribution in [0.5, 0.6) is 0 Å². The summed E-state index contributed by atoms with van der Waals surface area (Å²) in [5.41, 5.74) is 2.07. The van der Waals surface area contributed by atoms with Gasteiger partial charge in [-0.15, -0.1) is 0 Å². The van der Waals surface area contributed by atoms with Crippen LogP contribution in [-0.4, -0.2) is 35.4 Å². The van der Waals surface area contributed by atoms with Crippen LogP contribution in [0.15, 0.2) is 78.0 Å². The van der Waals surface area contributed by atoms with Gasteiger partial charge < -0.3 is 10.2 Å². The number of halogens is 6. The molecule has 0 radical (unpaired) electrons. The molecule has 14 heteroatoms. The van der Waals surface area contributed by atoms with E-state index < -0.39 is 39.5 Å². The Morgan fingerprint density at radius 2 is 1.34 bits per heavy atom. The molecule has 2 aliphatic heterocycles. The van der Waals surface area contributed by atoms with Gasteiger partial charge in [0.1, 0.15) is 11.4 Å². The lowest BCUT2D eigenvalue weighted by Gasteiger charge is -2.19. The van der Waals surface area contributed by atoms with Gasteiger partial charge in [0.2, 0.25) is 0 Å². The number of carbonyl (C=O) groups excluding carboxylic acids is 1. The second kappa shape index (κ2) is 11.7. The first-order valence-corrected chi connectivity index (χ1v) is 15.0. The van der Waals surface area contributed by atoms with Gasteiger partial charge >= 0.3 is 12.4 Å². The minimum Gasteiger partial charge on any atom is -0.330 e. The van der Waals surface area contributed by atoms with Crippen LogP contribution in [0.2, 0.25) is 0 Å². The number of nitrogens with zero attached hydrogens (tertiary/aromatic N) is 3. The van der Waals surface area contributed by atoms with Gasteiger partial charge in [-0.25, -0.2) is 8.42 Å². The molecule has 44 heavy (non-hydrogen) atoms. The number of aromatic nitrogens is 2. The highest BCUT2D eigenvalue weighted by Crippen LogP contribution is 2.34. The van der Waals surface area contributed by atoms with E-state index in [0.29, 0.717) is 35.3 Å². The van der Waals surface area contributed by atoms with Gasteiger partial charge in [-0.3, -0.25) is 14.8 Å². The highest BCUT2D eigenvalue weighted by molar-refractivity contribution is 7.90. The lowest BCUT2D eigenvalue weighted by molar-refractivity contribution is -0.142. The quantitative estimate of drug-likeness (QED) is 0.277. The van der Waals surface area contributed by atoms with Crippen LogP contribution in [0, 0.1) is 0 Å². The van der Waals surface area contributed by atoms with E-state index in [0.717, 1.165) is 35.7 Å². The molecule has 2 aromatic carbocycles. The first kappa shape index (κ1) is 31.1. The third-order valence-corrected chi connectivity index (χ3v) is 8.23. The topological polar surface area (TPSA) is 92.3 Å². The van der Waals surface area contributed by atoms with E-state index in [1.165, 1.54) is 23.2 Å². The number of carbonyl (C=O) groups is 1. The largest absolute Gasteiger partial charge is 0.433 e. The fourth-order valence-corrected chi connectivity index (χ4v) is 5.53. The van der Waals surface area contributed by atoms with E-state index in [-0.39, 0.29) is 23.5 Å². The summed E-state index contributed by atoms with van der Waals surface area (Å²) < 4.78 is 99.5. The van der Waals surface area contributed by atoms with Gasteiger partial charge in [0.05, 0.1) is 4.90 Å². The summed E-state index contributed by atoms with van der Waals surface area (Å²) in [4.78, 5) is 21.6. The molecule has 0 saturated carbocycles. The van der Waals surface area contributed by atoms with Gasteiger partial charge in [0, 0.05) is 50.4 Å². The Balaban J connectivity index is 0.000000245. The molecule has 0 fully saturated rings. The molecule has 1 amide bonds. The minimum atomic E-state index is -4.57. The van der Waals surface area contributed by atoms with E-state index in [2.05, 4.69) is 15.3 Å². The van der Waals surface area contributed by atoms with Gasteiger partial charge in [0.15, 0.2) is 9.84 Å². The molecule has 0 aliphatic carbocycles. The summed E-state index contributed by atoms with van der Waals surface area (Å²) in [5, 5.41) is 2.96. The van der Waals surface area contributed by atoms with E-state index in [1.54, 1.807) is 30.3 Å². The van der Waals surface area contributed by atoms with Crippen LogP contribution in [-0.2, 0) is 48.4 Å². The Labute approximate surface area is 248 Å². The van der Waals surface area contributed by atoms with Crippen molar-refractivity contribution >= 4 is 15.7 Å². The molecular weight excluding hydrogens is 610 g/mol. The molecule has 0 saturated heterocycles. The number of hydrogen-bond donors (Lipinski definition) is 1. The molecule has 0 bridgehead atoms. The molecule has 2 aromatic heterocycles. The number of sulfone groups is 1. The van der Waals surface area contributed by atoms with Crippen LogP contribution >= 0.6 is 0 Å². The molecule has 1 N–H and O–H groups in total. The van der Waals surface area contributed by atoms with E-state index in [4.69, 9.17) is 0 Å². The predicted octanol–water partition coefficient (Wildman–Crippen LogP) is 6.03. The first-order valence-electron chi connectivity index (χ1n) is 13.1. The summed E-state index contributed by atoms with van der Waals surface area (Å²) in [5.74, 6) is -0.464. The van der Waals surface area contributed by atoms with Gasteiger partial charge in [-0.1, -0.05) is 36.4 Å². The number of nitrogens with one attached hydrogen (secondary N) is 1. The van der Waals surface area contributed by atoms with Crippen molar-refractivity contribution in [2.75, 3.05) is 6.26 Å². The molecular formula is C30H24F6N4O3S. The molecule has 4 heterocycles. The third kappa shape index (κ3) is 6.76. The Morgan fingerprint density at radius 1 is 0.773 bits per heavy atom. The molecule has 0 unspecified atom stereocenters. The minimum absolute atomic E-state index is 0.00623. The van der Waals surface area contributed by atoms with Crippen molar-refractivity contribution in [2.24, 2.45) is 0 Å². The molecule has 0 atom stereocenters. The zero-order chi connectivity index (χ0) is 31.9. The molecule has 4 aromatic rings. The van der Waals surface area contributed by atoms with Crippen LogP contribution in [0.3, 0.4) is 0 Å². The second-order valence-electron chi connectivity index (χ2n) is 10.3. The van der Waals surface area contributed by atoms with Crippen LogP contribution in [0.4, 0.5) is 26.3 Å². The Morgan fingerprint density at radius 3 is 1.95 bits per heavy atom. The van der Waals surface area contributed by atoms with Crippen LogP contribution in [0.25, 0.3) is 11.1 Å². The number of alkyl halides is 6. The molecule has 2 aliphatic rings. The van der Waals surface area contributed by atoms with Crippen molar-refractivity contribution in [1.82, 2.24) is 20.2 Å². The number of rotatable bonds is 3. The highest BCUT2D eigenvalue weighted by Gasteiger charge is 2.35. The van der Waals surface area contributed by atoms with Crippen LogP contribution in [0.1, 0.15) is 44.0 Å². The standard InChI is InChI=1S/C22H17F3N2O3S.C8H7F3N2/c1-31(29,30)17-7-8-18(14-5-3-2-4-6-14)19(10-17)21(28)27-12-15-9-20(22(23,24)25)26-11-16(15)13-27;9-8(10,11)7-1-5-2-12-3-6(5)4-13-7/h2-11H,12-13H2,1H3;1,4,12H,2-3H2. The van der Waals surface area contributed by atoms with Crippen molar-refractivity contribution in [1.29, 1.82) is 0 Å². The lowest BCUT2D eigenvalue weighted by atomic mass is 9.99. The second-order valence-corrected chi connectivity index (χ2v) is 12.3. The number of amides is 1. The van der Waals surface area contributed by atoms with Gasteiger partial charge in [-0.2, -0.15) is 26.3 Å². The fourth-order valence-electron chi connectivity index (χ4n) is 4.89. The van der Waals surface area contributed by atoms with Crippen LogP contribution < -0.4 is 5.32 Å². The molecule has 6 rings (SSSR count). The van der Waals surface area contributed by atoms with Crippen molar-refractivity contribution in [2.45, 2.75) is 43.4 Å². The SMILES string of the molecule is CS(=O)(=O)c1ccc(-c2ccccc2)c(C(=O)N2Cc3cnc(C(F)(F)F)cc3C2)c1.FC(F)(F)c1cc2c(cn1)CNC2. The Kier molecular flexibility index (Phi) is 8.25. The lowest BCUT2D eigenvalue weighted by Crippen LogP contribution is -2.26. The molecule has 7 nitrogen and oxygen atoms in total. The average Bonchev–Trinajstić information content (AvgIpc) is 3.62. The summed E-state index contributed by atoms with van der Waals surface area (Å²) in [6.45, 7) is 1.19. The highest BCUT2D eigenvalue weighted by atomic mass is 32.2. The number of pyridine rings is 2. The van der Waals surface area contributed by atoms with Gasteiger partial charge in [0.25, 0.3) is 5.91 Å². The third-order valence-electron chi connectivity index (χ3n) is 7.12. The molecule has 230 valence electrons. The maximum absolute atomic E-state index is 13.4. The summed E-state index contributed by atoms with van der Waals surface area (Å²) in [6, 6.07) is 15.4. The fraction of sp³-hybridized carbons (Fsp3) is 0.233. The first-order chi connectivity index (χ1) is 20.6. The van der Waals surface area contributed by atoms with Crippen molar-refractivity contribution < 1.29 is 39.6 Å². The molecule has 0 spiro atoms. The predicted molar refractivity (Wildman–Crippen MR) is 148 cm³/mol. The number of hydrogen-bond acceptors (Lipinski definition) is 6. The van der Waals surface area contributed by atoms with Crippen molar-refractivity contribution in [3.8, 4) is 11.1 Å². The number of fused-ring (bicyclic) bond motifs is 2. The van der Waals surface area contributed by atoms with E-state index >= 15 is 0 Å². The van der Waals surface area contributed by atoms with Crippen molar-refractivity contribution in [3.05, 3.63) is 112 Å². The summed E-state index contributed by atoms with van der Waals surface area (Å²) in [6.07, 6.45) is -5.43. The monoisotopic (exact) mass is 634 g/mol. The number of benzene rings is 2. The summed E-state index contributed by atoms with van der Waals surface area (Å²) in [7, 11) is -3.56. The average molecular weight is 635 g/mol. The van der Waals surface area contributed by atoms with E-state index in [9.17, 15) is 39.6 Å².